The molecule has 86 valence electrons. The summed E-state index contributed by atoms with van der Waals surface area (Å²) < 4.78 is 13.2. The van der Waals surface area contributed by atoms with E-state index in [1.54, 1.807) is 0 Å². The molecule has 0 spiro atoms. The first-order valence-electron chi connectivity index (χ1n) is 4.48. The number of rotatable bonds is 4. The number of benzene rings is 1. The molecule has 0 fully saturated rings. The van der Waals surface area contributed by atoms with Gasteiger partial charge < -0.3 is 11.1 Å². The van der Waals surface area contributed by atoms with Crippen molar-refractivity contribution in [1.29, 1.82) is 0 Å². The first-order chi connectivity index (χ1) is 7.56. The summed E-state index contributed by atoms with van der Waals surface area (Å²) in [6, 6.07) is 2.77. The summed E-state index contributed by atoms with van der Waals surface area (Å²) in [5, 5.41) is 12.8. The number of carbonyl (C=O) groups excluding carboxylic acids is 1. The molecule has 0 saturated heterocycles. The van der Waals surface area contributed by atoms with Crippen LogP contribution in [0.3, 0.4) is 0 Å². The maximum atomic E-state index is 13.2. The lowest BCUT2D eigenvalue weighted by Gasteiger charge is -2.04. The van der Waals surface area contributed by atoms with Crippen molar-refractivity contribution in [3.63, 3.8) is 0 Å². The Labute approximate surface area is 90.4 Å². The Morgan fingerprint density at radius 3 is 2.81 bits per heavy atom. The van der Waals surface area contributed by atoms with Crippen molar-refractivity contribution in [3.05, 3.63) is 39.7 Å². The van der Waals surface area contributed by atoms with E-state index in [0.717, 1.165) is 18.2 Å². The summed E-state index contributed by atoms with van der Waals surface area (Å²) in [5.74, 6) is -1.52. The third kappa shape index (κ3) is 2.74. The van der Waals surface area contributed by atoms with E-state index in [9.17, 15) is 19.3 Å². The summed E-state index contributed by atoms with van der Waals surface area (Å²) in [5.41, 5.74) is 4.46. The minimum atomic E-state index is -0.805. The van der Waals surface area contributed by atoms with Gasteiger partial charge in [-0.2, -0.15) is 0 Å². The van der Waals surface area contributed by atoms with Crippen molar-refractivity contribution in [2.75, 3.05) is 13.1 Å². The van der Waals surface area contributed by atoms with E-state index in [1.165, 1.54) is 0 Å². The van der Waals surface area contributed by atoms with Crippen molar-refractivity contribution in [2.24, 2.45) is 5.73 Å². The summed E-state index contributed by atoms with van der Waals surface area (Å²) >= 11 is 0. The van der Waals surface area contributed by atoms with Gasteiger partial charge in [0.05, 0.1) is 10.5 Å². The van der Waals surface area contributed by atoms with Crippen molar-refractivity contribution < 1.29 is 14.1 Å². The number of carbonyl (C=O) groups is 1. The monoisotopic (exact) mass is 227 g/mol. The van der Waals surface area contributed by atoms with Crippen molar-refractivity contribution in [3.8, 4) is 0 Å². The number of nitro groups is 1. The van der Waals surface area contributed by atoms with E-state index in [1.807, 2.05) is 0 Å². The van der Waals surface area contributed by atoms with Crippen LogP contribution in [0.5, 0.6) is 0 Å². The Morgan fingerprint density at radius 2 is 2.25 bits per heavy atom. The molecule has 0 unspecified atom stereocenters. The largest absolute Gasteiger partial charge is 0.351 e. The third-order valence-corrected chi connectivity index (χ3v) is 1.84. The van der Waals surface area contributed by atoms with Gasteiger partial charge in [-0.05, 0) is 6.07 Å². The number of nitrogens with one attached hydrogen (secondary N) is 1. The van der Waals surface area contributed by atoms with E-state index in [0.29, 0.717) is 0 Å². The lowest BCUT2D eigenvalue weighted by atomic mass is 10.1. The fraction of sp³-hybridized carbons (Fsp3) is 0.222. The molecule has 3 N–H and O–H groups in total. The third-order valence-electron chi connectivity index (χ3n) is 1.84. The number of halogens is 1. The van der Waals surface area contributed by atoms with Gasteiger partial charge in [-0.3, -0.25) is 14.9 Å². The molecule has 1 aromatic rings. The topological polar surface area (TPSA) is 98.3 Å². The standard InChI is InChI=1S/C9H10FN3O3/c10-8-2-1-6(13(15)16)5-7(8)9(14)12-4-3-11/h1-2,5H,3-4,11H2,(H,12,14). The second-order valence-corrected chi connectivity index (χ2v) is 2.97. The van der Waals surface area contributed by atoms with Gasteiger partial charge in [-0.25, -0.2) is 4.39 Å². The molecule has 0 radical (unpaired) electrons. The number of nitrogens with zero attached hydrogens (tertiary/aromatic N) is 1. The fourth-order valence-electron chi connectivity index (χ4n) is 1.08. The maximum Gasteiger partial charge on any atom is 0.270 e. The number of amides is 1. The van der Waals surface area contributed by atoms with Crippen LogP contribution in [0.2, 0.25) is 0 Å². The Bertz CT molecular complexity index is 422. The molecular weight excluding hydrogens is 217 g/mol. The molecule has 1 aromatic carbocycles. The molecule has 1 rings (SSSR count). The van der Waals surface area contributed by atoms with Gasteiger partial charge in [-0.1, -0.05) is 0 Å². The highest BCUT2D eigenvalue weighted by molar-refractivity contribution is 5.95. The zero-order valence-corrected chi connectivity index (χ0v) is 8.27. The SMILES string of the molecule is NCCNC(=O)c1cc([N+](=O)[O-])ccc1F. The highest BCUT2D eigenvalue weighted by atomic mass is 19.1. The summed E-state index contributed by atoms with van der Waals surface area (Å²) in [4.78, 5) is 21.1. The van der Waals surface area contributed by atoms with Gasteiger partial charge in [0.2, 0.25) is 0 Å². The highest BCUT2D eigenvalue weighted by Crippen LogP contribution is 2.16. The highest BCUT2D eigenvalue weighted by Gasteiger charge is 2.16. The zero-order chi connectivity index (χ0) is 12.1. The van der Waals surface area contributed by atoms with Gasteiger partial charge >= 0.3 is 0 Å². The van der Waals surface area contributed by atoms with E-state index in [-0.39, 0.29) is 24.3 Å². The first-order valence-corrected chi connectivity index (χ1v) is 4.48. The lowest BCUT2D eigenvalue weighted by Crippen LogP contribution is -2.29. The average molecular weight is 227 g/mol. The zero-order valence-electron chi connectivity index (χ0n) is 8.27. The van der Waals surface area contributed by atoms with E-state index in [4.69, 9.17) is 5.73 Å². The van der Waals surface area contributed by atoms with Crippen LogP contribution in [-0.4, -0.2) is 23.9 Å². The predicted octanol–water partition coefficient (Wildman–Crippen LogP) is 0.422. The van der Waals surface area contributed by atoms with Crippen molar-refractivity contribution in [2.45, 2.75) is 0 Å². The molecule has 0 bridgehead atoms. The van der Waals surface area contributed by atoms with Crippen LogP contribution in [0.15, 0.2) is 18.2 Å². The van der Waals surface area contributed by atoms with Crippen LogP contribution in [0.4, 0.5) is 10.1 Å². The predicted molar refractivity (Wildman–Crippen MR) is 54.4 cm³/mol. The second-order valence-electron chi connectivity index (χ2n) is 2.97. The number of hydrogen-bond acceptors (Lipinski definition) is 4. The molecule has 0 aliphatic rings. The Hall–Kier alpha value is -2.02. The van der Waals surface area contributed by atoms with Crippen LogP contribution in [0, 0.1) is 15.9 Å². The van der Waals surface area contributed by atoms with Crippen LogP contribution in [0.1, 0.15) is 10.4 Å². The number of non-ortho nitro benzene ring substituents is 1. The van der Waals surface area contributed by atoms with Gasteiger partial charge in [0.1, 0.15) is 5.82 Å². The van der Waals surface area contributed by atoms with Gasteiger partial charge in [0, 0.05) is 25.2 Å². The van der Waals surface area contributed by atoms with Crippen molar-refractivity contribution >= 4 is 11.6 Å². The molecule has 0 aliphatic heterocycles. The molecule has 0 aliphatic carbocycles. The average Bonchev–Trinajstić information content (AvgIpc) is 2.26. The van der Waals surface area contributed by atoms with Gasteiger partial charge in [-0.15, -0.1) is 0 Å². The second kappa shape index (κ2) is 5.17. The molecule has 6 nitrogen and oxygen atoms in total. The molecule has 16 heavy (non-hydrogen) atoms. The minimum Gasteiger partial charge on any atom is -0.351 e. The van der Waals surface area contributed by atoms with E-state index in [2.05, 4.69) is 5.32 Å². The smallest absolute Gasteiger partial charge is 0.270 e. The van der Waals surface area contributed by atoms with Crippen LogP contribution >= 0.6 is 0 Å². The number of hydrogen-bond donors (Lipinski definition) is 2. The Balaban J connectivity index is 2.97. The Kier molecular flexibility index (Phi) is 3.90. The first kappa shape index (κ1) is 12.1. The quantitative estimate of drug-likeness (QED) is 0.575. The van der Waals surface area contributed by atoms with Crippen LogP contribution in [-0.2, 0) is 0 Å². The van der Waals surface area contributed by atoms with Crippen LogP contribution in [0.25, 0.3) is 0 Å². The molecular formula is C9H10FN3O3. The molecule has 0 heterocycles. The van der Waals surface area contributed by atoms with Crippen LogP contribution < -0.4 is 11.1 Å². The Morgan fingerprint density at radius 1 is 1.56 bits per heavy atom. The summed E-state index contributed by atoms with van der Waals surface area (Å²) in [6.07, 6.45) is 0. The maximum absolute atomic E-state index is 13.2. The minimum absolute atomic E-state index is 0.182. The normalized spacial score (nSPS) is 9.88. The van der Waals surface area contributed by atoms with E-state index < -0.39 is 16.6 Å². The summed E-state index contributed by atoms with van der Waals surface area (Å²) in [7, 11) is 0. The number of nitrogens with two attached hydrogens (primary N) is 1. The summed E-state index contributed by atoms with van der Waals surface area (Å²) in [6.45, 7) is 0.392. The van der Waals surface area contributed by atoms with Gasteiger partial charge in [0.25, 0.3) is 11.6 Å². The molecule has 1 amide bonds. The van der Waals surface area contributed by atoms with Crippen molar-refractivity contribution in [1.82, 2.24) is 5.32 Å². The molecule has 0 aromatic heterocycles. The van der Waals surface area contributed by atoms with E-state index >= 15 is 0 Å². The lowest BCUT2D eigenvalue weighted by molar-refractivity contribution is -0.384. The molecule has 7 heteroatoms. The molecule has 0 atom stereocenters. The molecule has 0 saturated carbocycles. The number of nitro benzene ring substituents is 1. The fourth-order valence-corrected chi connectivity index (χ4v) is 1.08. The van der Waals surface area contributed by atoms with Gasteiger partial charge in [0.15, 0.2) is 0 Å².